The summed E-state index contributed by atoms with van der Waals surface area (Å²) in [6.07, 6.45) is 0.774. The number of pyridine rings is 1. The molecule has 0 radical (unpaired) electrons. The Morgan fingerprint density at radius 3 is 2.21 bits per heavy atom. The maximum absolute atomic E-state index is 13.6. The fourth-order valence-electron chi connectivity index (χ4n) is 2.42. The topological polar surface area (TPSA) is 20.5 Å². The van der Waals surface area contributed by atoms with Crippen molar-refractivity contribution in [3.63, 3.8) is 0 Å². The molecule has 0 aliphatic heterocycles. The van der Waals surface area contributed by atoms with Gasteiger partial charge in [0.25, 0.3) is 0 Å². The molecule has 1 aromatic carbocycles. The highest BCUT2D eigenvalue weighted by atomic mass is 35.5. The Bertz CT molecular complexity index is 835. The molecule has 8 heteroatoms. The van der Waals surface area contributed by atoms with Gasteiger partial charge in [0.1, 0.15) is 11.7 Å². The Kier molecular flexibility index (Phi) is 9.85. The van der Waals surface area contributed by atoms with Gasteiger partial charge in [-0.05, 0) is 48.8 Å². The minimum atomic E-state index is -4.41. The van der Waals surface area contributed by atoms with Crippen LogP contribution in [-0.2, 0) is 0 Å². The molecule has 0 saturated heterocycles. The van der Waals surface area contributed by atoms with E-state index in [0.717, 1.165) is 11.9 Å². The van der Waals surface area contributed by atoms with Crippen LogP contribution >= 0.6 is 23.5 Å². The van der Waals surface area contributed by atoms with Gasteiger partial charge >= 0.3 is 6.18 Å². The molecule has 0 spiro atoms. The van der Waals surface area contributed by atoms with Crippen molar-refractivity contribution in [2.75, 3.05) is 7.05 Å². The molecule has 0 aliphatic carbocycles. The molecule has 2 heterocycles. The lowest BCUT2D eigenvalue weighted by Crippen LogP contribution is -2.31. The Hall–Kier alpha value is -1.70. The molecular formula is C20H25ClF3N3S. The first-order chi connectivity index (χ1) is 13.3. The van der Waals surface area contributed by atoms with Crippen LogP contribution < -0.4 is 0 Å². The van der Waals surface area contributed by atoms with Gasteiger partial charge in [-0.25, -0.2) is 9.29 Å². The first-order valence-corrected chi connectivity index (χ1v) is 10.2. The van der Waals surface area contributed by atoms with Crippen molar-refractivity contribution < 1.29 is 13.2 Å². The lowest BCUT2D eigenvalue weighted by atomic mass is 10.1. The molecular weight excluding hydrogens is 407 g/mol. The van der Waals surface area contributed by atoms with Crippen molar-refractivity contribution in [2.45, 2.75) is 44.8 Å². The smallest absolute Gasteiger partial charge is 0.307 e. The summed E-state index contributed by atoms with van der Waals surface area (Å²) in [4.78, 5) is 4.82. The number of halogens is 4. The van der Waals surface area contributed by atoms with E-state index in [1.807, 2.05) is 27.7 Å². The van der Waals surface area contributed by atoms with Gasteiger partial charge in [-0.3, -0.25) is 0 Å². The fourth-order valence-corrected chi connectivity index (χ4v) is 3.50. The van der Waals surface area contributed by atoms with E-state index in [9.17, 15) is 13.2 Å². The normalized spacial score (nSPS) is 12.1. The van der Waals surface area contributed by atoms with Gasteiger partial charge in [-0.1, -0.05) is 51.4 Å². The summed E-state index contributed by atoms with van der Waals surface area (Å²) >= 11 is 6.80. The minimum absolute atomic E-state index is 0.142. The van der Waals surface area contributed by atoms with E-state index in [1.165, 1.54) is 35.6 Å². The van der Waals surface area contributed by atoms with E-state index in [0.29, 0.717) is 15.6 Å². The van der Waals surface area contributed by atoms with Crippen LogP contribution in [0.15, 0.2) is 59.9 Å². The highest BCUT2D eigenvalue weighted by Gasteiger charge is 2.44. The lowest BCUT2D eigenvalue weighted by molar-refractivity contribution is -0.169. The zero-order chi connectivity index (χ0) is 21.3. The summed E-state index contributed by atoms with van der Waals surface area (Å²) in [6.45, 7) is 8.00. The zero-order valence-electron chi connectivity index (χ0n) is 16.5. The van der Waals surface area contributed by atoms with Gasteiger partial charge < -0.3 is 4.40 Å². The number of imidazole rings is 1. The third-order valence-corrected chi connectivity index (χ3v) is 4.69. The van der Waals surface area contributed by atoms with Gasteiger partial charge in [-0.2, -0.15) is 13.2 Å². The van der Waals surface area contributed by atoms with Gasteiger partial charge in [-0.15, -0.1) is 0 Å². The maximum Gasteiger partial charge on any atom is 0.408 e. The third kappa shape index (κ3) is 6.43. The molecule has 0 bridgehead atoms. The van der Waals surface area contributed by atoms with E-state index in [-0.39, 0.29) is 5.56 Å². The molecule has 3 nitrogen and oxygen atoms in total. The molecule has 28 heavy (non-hydrogen) atoms. The van der Waals surface area contributed by atoms with Crippen molar-refractivity contribution in [1.82, 2.24) is 13.7 Å². The van der Waals surface area contributed by atoms with Crippen LogP contribution in [0.4, 0.5) is 13.2 Å². The van der Waals surface area contributed by atoms with Crippen molar-refractivity contribution in [1.29, 1.82) is 0 Å². The Labute approximate surface area is 173 Å². The van der Waals surface area contributed by atoms with Crippen LogP contribution in [0.1, 0.15) is 39.3 Å². The summed E-state index contributed by atoms with van der Waals surface area (Å²) in [5, 5.41) is 0.403. The number of hydrogen-bond donors (Lipinski definition) is 0. The Balaban J connectivity index is 0.000000921. The number of hydrogen-bond acceptors (Lipinski definition) is 3. The summed E-state index contributed by atoms with van der Waals surface area (Å²) in [7, 11) is 1.42. The van der Waals surface area contributed by atoms with Gasteiger partial charge in [0.15, 0.2) is 0 Å². The summed E-state index contributed by atoms with van der Waals surface area (Å²) < 4.78 is 43.7. The van der Waals surface area contributed by atoms with E-state index >= 15 is 0 Å². The fraction of sp³-hybridized carbons (Fsp3) is 0.350. The Morgan fingerprint density at radius 1 is 1.04 bits per heavy atom. The molecule has 154 valence electrons. The molecule has 1 unspecified atom stereocenters. The molecule has 0 N–H and O–H groups in total. The number of nitrogens with zero attached hydrogens (tertiary/aromatic N) is 3. The minimum Gasteiger partial charge on any atom is -0.307 e. The highest BCUT2D eigenvalue weighted by Crippen LogP contribution is 2.42. The molecule has 0 saturated carbocycles. The predicted octanol–water partition coefficient (Wildman–Crippen LogP) is 7.28. The summed E-state index contributed by atoms with van der Waals surface area (Å²) in [5.74, 6) is 0. The van der Waals surface area contributed by atoms with Crippen molar-refractivity contribution in [2.24, 2.45) is 0 Å². The van der Waals surface area contributed by atoms with Crippen LogP contribution in [0.2, 0.25) is 5.02 Å². The molecule has 3 rings (SSSR count). The molecule has 0 fully saturated rings. The first kappa shape index (κ1) is 24.3. The van der Waals surface area contributed by atoms with Crippen LogP contribution in [0.25, 0.3) is 5.65 Å². The first-order valence-electron chi connectivity index (χ1n) is 9.00. The number of rotatable bonds is 4. The second-order valence-corrected chi connectivity index (χ2v) is 6.85. The van der Waals surface area contributed by atoms with Crippen LogP contribution in [0.3, 0.4) is 0 Å². The van der Waals surface area contributed by atoms with Crippen LogP contribution in [0, 0.1) is 0 Å². The summed E-state index contributed by atoms with van der Waals surface area (Å²) in [6, 6.07) is 7.48. The number of fused-ring (bicyclic) bond motifs is 1. The monoisotopic (exact) mass is 431 g/mol. The average molecular weight is 432 g/mol. The van der Waals surface area contributed by atoms with Crippen molar-refractivity contribution in [3.05, 3.63) is 65.6 Å². The van der Waals surface area contributed by atoms with Crippen molar-refractivity contribution in [3.8, 4) is 0 Å². The van der Waals surface area contributed by atoms with E-state index in [4.69, 9.17) is 11.6 Å². The van der Waals surface area contributed by atoms with E-state index in [2.05, 4.69) is 4.98 Å². The molecule has 3 aromatic rings. The largest absolute Gasteiger partial charge is 0.408 e. The van der Waals surface area contributed by atoms with E-state index in [1.54, 1.807) is 35.1 Å². The number of alkyl halides is 3. The number of benzene rings is 1. The van der Waals surface area contributed by atoms with Gasteiger partial charge in [0.2, 0.25) is 0 Å². The average Bonchev–Trinajstić information content (AvgIpc) is 3.13. The Morgan fingerprint density at radius 2 is 1.64 bits per heavy atom. The number of aromatic nitrogens is 2. The standard InChI is InChI=1S/C16H13ClF3N3S.2C2H6/c1-22(24-13-6-8-23-9-7-21-14(23)10-13)15(16(18,19)20)11-2-4-12(17)5-3-11;2*1-2/h2-10,15H,1H3;2*1-2H3. The SMILES string of the molecule is CC.CC.CN(Sc1ccn2ccnc2c1)C(c1ccc(Cl)cc1)C(F)(F)F. The molecule has 1 atom stereocenters. The molecule has 2 aromatic heterocycles. The van der Waals surface area contributed by atoms with E-state index < -0.39 is 12.2 Å². The predicted molar refractivity (Wildman–Crippen MR) is 112 cm³/mol. The molecule has 0 aliphatic rings. The second kappa shape index (κ2) is 11.3. The van der Waals surface area contributed by atoms with Gasteiger partial charge in [0.05, 0.1) is 0 Å². The maximum atomic E-state index is 13.6. The highest BCUT2D eigenvalue weighted by molar-refractivity contribution is 7.97. The zero-order valence-corrected chi connectivity index (χ0v) is 18.1. The van der Waals surface area contributed by atoms with Crippen LogP contribution in [0.5, 0.6) is 0 Å². The second-order valence-electron chi connectivity index (χ2n) is 5.19. The quantitative estimate of drug-likeness (QED) is 0.405. The molecule has 0 amide bonds. The third-order valence-electron chi connectivity index (χ3n) is 3.48. The lowest BCUT2D eigenvalue weighted by Gasteiger charge is -2.29. The van der Waals surface area contributed by atoms with Crippen LogP contribution in [-0.4, -0.2) is 26.9 Å². The van der Waals surface area contributed by atoms with Crippen molar-refractivity contribution >= 4 is 29.2 Å². The summed E-state index contributed by atoms with van der Waals surface area (Å²) in [5.41, 5.74) is 0.826. The van der Waals surface area contributed by atoms with Gasteiger partial charge in [0, 0.05) is 28.5 Å².